The maximum Gasteiger partial charge on any atom is 0.274 e. The van der Waals surface area contributed by atoms with Crippen molar-refractivity contribution in [2.75, 3.05) is 15.6 Å². The number of nitrogens with zero attached hydrogens (tertiary/aromatic N) is 3. The monoisotopic (exact) mass is 551 g/mol. The highest BCUT2D eigenvalue weighted by molar-refractivity contribution is 7.94. The second-order valence-electron chi connectivity index (χ2n) is 8.33. The van der Waals surface area contributed by atoms with Crippen molar-refractivity contribution >= 4 is 50.3 Å². The number of sulfone groups is 1. The molecular weight excluding hydrogens is 539 g/mol. The predicted octanol–water partition coefficient (Wildman–Crippen LogP) is 3.83. The van der Waals surface area contributed by atoms with Gasteiger partial charge in [-0.1, -0.05) is 17.7 Å². The number of amides is 2. The van der Waals surface area contributed by atoms with Gasteiger partial charge in [0.25, 0.3) is 16.5 Å². The summed E-state index contributed by atoms with van der Waals surface area (Å²) in [5.74, 6) is -6.60. The summed E-state index contributed by atoms with van der Waals surface area (Å²) in [6.45, 7) is -0.454. The van der Waals surface area contributed by atoms with Crippen molar-refractivity contribution in [2.24, 2.45) is 0 Å². The molecule has 2 amide bonds. The molecule has 5 rings (SSSR count). The topological polar surface area (TPSA) is 118 Å². The van der Waals surface area contributed by atoms with Crippen LogP contribution >= 0.6 is 11.6 Å². The summed E-state index contributed by atoms with van der Waals surface area (Å²) in [6.07, 6.45) is 0. The molecule has 2 aliphatic rings. The van der Waals surface area contributed by atoms with Gasteiger partial charge in [0.1, 0.15) is 11.6 Å². The van der Waals surface area contributed by atoms with Gasteiger partial charge in [-0.15, -0.1) is 0 Å². The fourth-order valence-electron chi connectivity index (χ4n) is 4.64. The molecule has 190 valence electrons. The standard InChI is InChI=1S/C23H13ClF3N3O6S/c24-16-9-13(2-5-17(16)25)29-21(31)11-37(35,36)23(29)15-8-14(30(33)34)3-6-20(15)28(22(23)32)10-12-1-4-18(26)19(27)7-12/h1-9H,10-11H2. The van der Waals surface area contributed by atoms with E-state index in [1.807, 2.05) is 0 Å². The molecule has 0 bridgehead atoms. The van der Waals surface area contributed by atoms with E-state index >= 15 is 0 Å². The molecule has 1 atom stereocenters. The molecule has 14 heteroatoms. The van der Waals surface area contributed by atoms with Crippen LogP contribution < -0.4 is 9.80 Å². The molecule has 1 spiro atoms. The number of nitro benzene ring substituents is 1. The molecule has 2 aliphatic heterocycles. The summed E-state index contributed by atoms with van der Waals surface area (Å²) in [6, 6.07) is 8.71. The number of anilines is 2. The summed E-state index contributed by atoms with van der Waals surface area (Å²) >= 11 is 5.86. The first-order valence-corrected chi connectivity index (χ1v) is 12.5. The van der Waals surface area contributed by atoms with E-state index in [0.717, 1.165) is 53.4 Å². The van der Waals surface area contributed by atoms with Crippen molar-refractivity contribution in [3.63, 3.8) is 0 Å². The predicted molar refractivity (Wildman–Crippen MR) is 125 cm³/mol. The Bertz CT molecular complexity index is 1650. The van der Waals surface area contributed by atoms with E-state index in [1.54, 1.807) is 0 Å². The molecule has 0 saturated carbocycles. The molecule has 1 unspecified atom stereocenters. The summed E-state index contributed by atoms with van der Waals surface area (Å²) in [7, 11) is -4.71. The molecule has 37 heavy (non-hydrogen) atoms. The minimum atomic E-state index is -4.71. The molecule has 0 radical (unpaired) electrons. The third kappa shape index (κ3) is 3.49. The van der Waals surface area contributed by atoms with Crippen molar-refractivity contribution in [3.8, 4) is 0 Å². The Morgan fingerprint density at radius 3 is 2.32 bits per heavy atom. The number of nitro groups is 1. The van der Waals surface area contributed by atoms with Gasteiger partial charge in [0, 0.05) is 23.4 Å². The maximum absolute atomic E-state index is 14.0. The van der Waals surface area contributed by atoms with Crippen LogP contribution in [0.3, 0.4) is 0 Å². The van der Waals surface area contributed by atoms with E-state index in [4.69, 9.17) is 11.6 Å². The highest BCUT2D eigenvalue weighted by atomic mass is 35.5. The van der Waals surface area contributed by atoms with Crippen LogP contribution in [0.15, 0.2) is 54.6 Å². The average molecular weight is 552 g/mol. The molecule has 1 saturated heterocycles. The third-order valence-electron chi connectivity index (χ3n) is 6.20. The van der Waals surface area contributed by atoms with Crippen molar-refractivity contribution in [3.05, 3.63) is 98.3 Å². The first-order valence-electron chi connectivity index (χ1n) is 10.4. The molecule has 2 heterocycles. The van der Waals surface area contributed by atoms with Crippen molar-refractivity contribution in [2.45, 2.75) is 11.4 Å². The van der Waals surface area contributed by atoms with E-state index in [-0.39, 0.29) is 22.5 Å². The van der Waals surface area contributed by atoms with E-state index in [2.05, 4.69) is 0 Å². The molecular formula is C23H13ClF3N3O6S. The Balaban J connectivity index is 1.78. The van der Waals surface area contributed by atoms with Crippen LogP contribution in [0.2, 0.25) is 5.02 Å². The zero-order valence-corrected chi connectivity index (χ0v) is 19.9. The van der Waals surface area contributed by atoms with Gasteiger partial charge < -0.3 is 4.90 Å². The Morgan fingerprint density at radius 1 is 0.973 bits per heavy atom. The minimum absolute atomic E-state index is 0.0756. The fourth-order valence-corrected chi connectivity index (χ4v) is 6.84. The van der Waals surface area contributed by atoms with Gasteiger partial charge in [-0.05, 0) is 42.0 Å². The Morgan fingerprint density at radius 2 is 1.68 bits per heavy atom. The highest BCUT2D eigenvalue weighted by Crippen LogP contribution is 2.53. The molecule has 0 aliphatic carbocycles. The molecule has 0 N–H and O–H groups in total. The number of non-ortho nitro benzene ring substituents is 1. The van der Waals surface area contributed by atoms with Crippen LogP contribution in [0.25, 0.3) is 0 Å². The lowest BCUT2D eigenvalue weighted by Gasteiger charge is -2.32. The van der Waals surface area contributed by atoms with Gasteiger partial charge in [-0.2, -0.15) is 0 Å². The highest BCUT2D eigenvalue weighted by Gasteiger charge is 2.70. The summed E-state index contributed by atoms with van der Waals surface area (Å²) in [5.41, 5.74) is -1.21. The van der Waals surface area contributed by atoms with Gasteiger partial charge in [0.15, 0.2) is 21.5 Å². The Labute approximate surface area is 211 Å². The van der Waals surface area contributed by atoms with Crippen LogP contribution in [0.1, 0.15) is 11.1 Å². The number of hydrogen-bond acceptors (Lipinski definition) is 6. The SMILES string of the molecule is O=C1CS(=O)(=O)C2(C(=O)N(Cc3ccc(F)c(F)c3)c3ccc([N+](=O)[O-])cc32)N1c1ccc(F)c(Cl)c1. The fraction of sp³-hybridized carbons (Fsp3) is 0.130. The maximum atomic E-state index is 14.0. The molecule has 0 aromatic heterocycles. The molecule has 9 nitrogen and oxygen atoms in total. The second kappa shape index (κ2) is 8.28. The first kappa shape index (κ1) is 24.7. The van der Waals surface area contributed by atoms with Crippen molar-refractivity contribution < 1.29 is 36.1 Å². The minimum Gasteiger partial charge on any atom is -0.304 e. The van der Waals surface area contributed by atoms with Crippen LogP contribution in [0.5, 0.6) is 0 Å². The number of fused-ring (bicyclic) bond motifs is 2. The van der Waals surface area contributed by atoms with Crippen molar-refractivity contribution in [1.82, 2.24) is 0 Å². The lowest BCUT2D eigenvalue weighted by molar-refractivity contribution is -0.384. The zero-order valence-electron chi connectivity index (χ0n) is 18.3. The van der Waals surface area contributed by atoms with Gasteiger partial charge in [-0.3, -0.25) is 24.6 Å². The van der Waals surface area contributed by atoms with E-state index < -0.39 is 71.9 Å². The number of halogens is 4. The average Bonchev–Trinajstić information content (AvgIpc) is 3.20. The molecule has 3 aromatic rings. The second-order valence-corrected chi connectivity index (χ2v) is 10.8. The lowest BCUT2D eigenvalue weighted by Crippen LogP contribution is -2.54. The van der Waals surface area contributed by atoms with Crippen LogP contribution in [0.4, 0.5) is 30.2 Å². The molecule has 3 aromatic carbocycles. The largest absolute Gasteiger partial charge is 0.304 e. The summed E-state index contributed by atoms with van der Waals surface area (Å²) in [5, 5.41) is 11.1. The third-order valence-corrected chi connectivity index (χ3v) is 8.59. The van der Waals surface area contributed by atoms with E-state index in [1.165, 1.54) is 6.07 Å². The molecule has 1 fully saturated rings. The number of carbonyl (C=O) groups is 2. The lowest BCUT2D eigenvalue weighted by atomic mass is 10.0. The number of rotatable bonds is 4. The van der Waals surface area contributed by atoms with Crippen LogP contribution in [-0.4, -0.2) is 30.9 Å². The number of hydrogen-bond donors (Lipinski definition) is 0. The normalized spacial score (nSPS) is 20.1. The smallest absolute Gasteiger partial charge is 0.274 e. The van der Waals surface area contributed by atoms with Gasteiger partial charge >= 0.3 is 0 Å². The van der Waals surface area contributed by atoms with Gasteiger partial charge in [0.05, 0.1) is 22.2 Å². The Kier molecular flexibility index (Phi) is 5.53. The van der Waals surface area contributed by atoms with Crippen LogP contribution in [0, 0.1) is 27.6 Å². The van der Waals surface area contributed by atoms with E-state index in [9.17, 15) is 41.3 Å². The number of benzene rings is 3. The van der Waals surface area contributed by atoms with Gasteiger partial charge in [0.2, 0.25) is 5.91 Å². The van der Waals surface area contributed by atoms with Gasteiger partial charge in [-0.25, -0.2) is 21.6 Å². The summed E-state index contributed by atoms with van der Waals surface area (Å²) in [4.78, 5) is 36.6. The zero-order chi connectivity index (χ0) is 26.9. The quantitative estimate of drug-likeness (QED) is 0.359. The van der Waals surface area contributed by atoms with E-state index in [0.29, 0.717) is 4.90 Å². The van der Waals surface area contributed by atoms with Crippen LogP contribution in [-0.2, 0) is 30.8 Å². The van der Waals surface area contributed by atoms with Crippen molar-refractivity contribution in [1.29, 1.82) is 0 Å². The first-order chi connectivity index (χ1) is 17.4. The number of carbonyl (C=O) groups excluding carboxylic acids is 2. The summed E-state index contributed by atoms with van der Waals surface area (Å²) < 4.78 is 68.4. The Hall–Kier alpha value is -3.97.